The lowest BCUT2D eigenvalue weighted by Gasteiger charge is -2.17. The number of ether oxygens (including phenoxy) is 1. The van der Waals surface area contributed by atoms with Crippen LogP contribution in [-0.2, 0) is 11.3 Å². The maximum absolute atomic E-state index is 11.9. The molecule has 4 heteroatoms. The van der Waals surface area contributed by atoms with Crippen molar-refractivity contribution >= 4 is 5.91 Å². The molecule has 0 heterocycles. The van der Waals surface area contributed by atoms with Crippen molar-refractivity contribution in [3.63, 3.8) is 0 Å². The number of nitrogens with one attached hydrogen (secondary N) is 2. The van der Waals surface area contributed by atoms with E-state index in [9.17, 15) is 4.79 Å². The summed E-state index contributed by atoms with van der Waals surface area (Å²) in [5, 5.41) is 6.00. The van der Waals surface area contributed by atoms with E-state index in [-0.39, 0.29) is 5.91 Å². The van der Waals surface area contributed by atoms with Crippen LogP contribution in [0.4, 0.5) is 0 Å². The molecular weight excluding hydrogens is 252 g/mol. The zero-order valence-corrected chi connectivity index (χ0v) is 13.0. The highest BCUT2D eigenvalue weighted by molar-refractivity contribution is 5.80. The van der Waals surface area contributed by atoms with Crippen LogP contribution in [0.3, 0.4) is 0 Å². The highest BCUT2D eigenvalue weighted by Gasteiger charge is 2.15. The molecule has 1 atom stereocenters. The monoisotopic (exact) mass is 278 g/mol. The molecule has 4 nitrogen and oxygen atoms in total. The summed E-state index contributed by atoms with van der Waals surface area (Å²) in [6, 6.07) is 6.00. The lowest BCUT2D eigenvalue weighted by atomic mass is 10.1. The molecule has 0 aliphatic carbocycles. The summed E-state index contributed by atoms with van der Waals surface area (Å²) in [7, 11) is 1.90. The zero-order chi connectivity index (χ0) is 15.0. The van der Waals surface area contributed by atoms with E-state index in [2.05, 4.69) is 23.6 Å². The van der Waals surface area contributed by atoms with E-state index in [0.29, 0.717) is 6.54 Å². The summed E-state index contributed by atoms with van der Waals surface area (Å²) in [4.78, 5) is 11.9. The second-order valence-corrected chi connectivity index (χ2v) is 5.05. The largest absolute Gasteiger partial charge is 0.481 e. The van der Waals surface area contributed by atoms with E-state index in [1.165, 1.54) is 5.56 Å². The Balaban J connectivity index is 2.64. The molecule has 1 unspecified atom stereocenters. The number of carbonyl (C=O) groups excluding carboxylic acids is 1. The molecule has 1 amide bonds. The first-order valence-electron chi connectivity index (χ1n) is 7.27. The molecule has 1 aromatic carbocycles. The Bertz CT molecular complexity index is 432. The summed E-state index contributed by atoms with van der Waals surface area (Å²) in [6.07, 6.45) is 1.58. The van der Waals surface area contributed by atoms with E-state index in [1.54, 1.807) is 6.92 Å². The maximum Gasteiger partial charge on any atom is 0.260 e. The molecule has 0 aliphatic heterocycles. The molecule has 0 saturated heterocycles. The fraction of sp³-hybridized carbons (Fsp3) is 0.562. The Morgan fingerprint density at radius 1 is 1.40 bits per heavy atom. The van der Waals surface area contributed by atoms with E-state index >= 15 is 0 Å². The van der Waals surface area contributed by atoms with Crippen LogP contribution in [-0.4, -0.2) is 25.6 Å². The molecule has 2 N–H and O–H groups in total. The summed E-state index contributed by atoms with van der Waals surface area (Å²) in [5.74, 6) is 0.706. The first kappa shape index (κ1) is 16.5. The third-order valence-electron chi connectivity index (χ3n) is 3.09. The SMILES string of the molecule is CCCCNC(=O)C(C)Oc1ccc(C)cc1CNC. The van der Waals surface area contributed by atoms with Crippen molar-refractivity contribution in [3.8, 4) is 5.75 Å². The van der Waals surface area contributed by atoms with Crippen LogP contribution in [0.2, 0.25) is 0 Å². The average Bonchev–Trinajstić information content (AvgIpc) is 2.42. The van der Waals surface area contributed by atoms with E-state index in [4.69, 9.17) is 4.74 Å². The highest BCUT2D eigenvalue weighted by atomic mass is 16.5. The van der Waals surface area contributed by atoms with Crippen molar-refractivity contribution in [1.29, 1.82) is 0 Å². The van der Waals surface area contributed by atoms with Crippen LogP contribution in [0.15, 0.2) is 18.2 Å². The summed E-state index contributed by atoms with van der Waals surface area (Å²) < 4.78 is 5.79. The van der Waals surface area contributed by atoms with Gasteiger partial charge in [-0.3, -0.25) is 4.79 Å². The van der Waals surface area contributed by atoms with Crippen LogP contribution in [0.25, 0.3) is 0 Å². The molecular formula is C16H26N2O2. The first-order chi connectivity index (χ1) is 9.58. The summed E-state index contributed by atoms with van der Waals surface area (Å²) >= 11 is 0. The molecule has 0 radical (unpaired) electrons. The highest BCUT2D eigenvalue weighted by Crippen LogP contribution is 2.21. The van der Waals surface area contributed by atoms with Gasteiger partial charge in [-0.2, -0.15) is 0 Å². The first-order valence-corrected chi connectivity index (χ1v) is 7.27. The van der Waals surface area contributed by atoms with Gasteiger partial charge in [0.1, 0.15) is 5.75 Å². The van der Waals surface area contributed by atoms with E-state index in [0.717, 1.165) is 30.7 Å². The van der Waals surface area contributed by atoms with Gasteiger partial charge in [-0.25, -0.2) is 0 Å². The van der Waals surface area contributed by atoms with Gasteiger partial charge in [0.2, 0.25) is 0 Å². The minimum atomic E-state index is -0.481. The van der Waals surface area contributed by atoms with Crippen molar-refractivity contribution in [2.75, 3.05) is 13.6 Å². The number of amides is 1. The van der Waals surface area contributed by atoms with Gasteiger partial charge in [0.15, 0.2) is 6.10 Å². The van der Waals surface area contributed by atoms with Crippen molar-refractivity contribution in [1.82, 2.24) is 10.6 Å². The number of benzene rings is 1. The molecule has 20 heavy (non-hydrogen) atoms. The van der Waals surface area contributed by atoms with Gasteiger partial charge in [-0.05, 0) is 33.4 Å². The predicted molar refractivity (Wildman–Crippen MR) is 82.0 cm³/mol. The molecule has 0 saturated carbocycles. The molecule has 0 spiro atoms. The Morgan fingerprint density at radius 3 is 2.80 bits per heavy atom. The minimum absolute atomic E-state index is 0.0607. The number of carbonyl (C=O) groups is 1. The van der Waals surface area contributed by atoms with Crippen LogP contribution in [0.1, 0.15) is 37.8 Å². The van der Waals surface area contributed by atoms with Gasteiger partial charge in [0, 0.05) is 18.7 Å². The Morgan fingerprint density at radius 2 is 2.15 bits per heavy atom. The second-order valence-electron chi connectivity index (χ2n) is 5.05. The Labute approximate surface area is 121 Å². The van der Waals surface area contributed by atoms with Crippen LogP contribution >= 0.6 is 0 Å². The van der Waals surface area contributed by atoms with Crippen molar-refractivity contribution in [3.05, 3.63) is 29.3 Å². The van der Waals surface area contributed by atoms with E-state index < -0.39 is 6.10 Å². The fourth-order valence-electron chi connectivity index (χ4n) is 1.93. The third kappa shape index (κ3) is 5.21. The Kier molecular flexibility index (Phi) is 7.09. The second kappa shape index (κ2) is 8.59. The van der Waals surface area contributed by atoms with Crippen LogP contribution < -0.4 is 15.4 Å². The van der Waals surface area contributed by atoms with Gasteiger partial charge in [0.05, 0.1) is 0 Å². The topological polar surface area (TPSA) is 50.4 Å². The van der Waals surface area contributed by atoms with Crippen LogP contribution in [0, 0.1) is 6.92 Å². The summed E-state index contributed by atoms with van der Waals surface area (Å²) in [5.41, 5.74) is 2.25. The van der Waals surface area contributed by atoms with Gasteiger partial charge in [0.25, 0.3) is 5.91 Å². The van der Waals surface area contributed by atoms with Crippen LogP contribution in [0.5, 0.6) is 5.75 Å². The number of aryl methyl sites for hydroxylation is 1. The maximum atomic E-state index is 11.9. The van der Waals surface area contributed by atoms with Gasteiger partial charge in [-0.1, -0.05) is 31.0 Å². The lowest BCUT2D eigenvalue weighted by molar-refractivity contribution is -0.127. The zero-order valence-electron chi connectivity index (χ0n) is 13.0. The number of hydrogen-bond acceptors (Lipinski definition) is 3. The van der Waals surface area contributed by atoms with Gasteiger partial charge >= 0.3 is 0 Å². The number of unbranched alkanes of at least 4 members (excludes halogenated alkanes) is 1. The molecule has 0 fully saturated rings. The number of rotatable bonds is 8. The quantitative estimate of drug-likeness (QED) is 0.718. The van der Waals surface area contributed by atoms with Crippen molar-refractivity contribution < 1.29 is 9.53 Å². The average molecular weight is 278 g/mol. The normalized spacial score (nSPS) is 12.0. The van der Waals surface area contributed by atoms with Gasteiger partial charge in [-0.15, -0.1) is 0 Å². The molecule has 112 valence electrons. The van der Waals surface area contributed by atoms with Gasteiger partial charge < -0.3 is 15.4 Å². The Hall–Kier alpha value is -1.55. The van der Waals surface area contributed by atoms with Crippen molar-refractivity contribution in [2.45, 2.75) is 46.3 Å². The minimum Gasteiger partial charge on any atom is -0.481 e. The molecule has 0 bridgehead atoms. The smallest absolute Gasteiger partial charge is 0.260 e. The fourth-order valence-corrected chi connectivity index (χ4v) is 1.93. The van der Waals surface area contributed by atoms with Crippen molar-refractivity contribution in [2.24, 2.45) is 0 Å². The molecule has 1 aromatic rings. The lowest BCUT2D eigenvalue weighted by Crippen LogP contribution is -2.37. The number of hydrogen-bond donors (Lipinski definition) is 2. The predicted octanol–water partition coefficient (Wildman–Crippen LogP) is 2.40. The molecule has 1 rings (SSSR count). The standard InChI is InChI=1S/C16H26N2O2/c1-5-6-9-18-16(19)13(3)20-15-8-7-12(2)10-14(15)11-17-4/h7-8,10,13,17H,5-6,9,11H2,1-4H3,(H,18,19). The molecule has 0 aliphatic rings. The summed E-state index contributed by atoms with van der Waals surface area (Å²) in [6.45, 7) is 7.36. The molecule has 0 aromatic heterocycles. The van der Waals surface area contributed by atoms with E-state index in [1.807, 2.05) is 26.1 Å². The third-order valence-corrected chi connectivity index (χ3v) is 3.09.